The summed E-state index contributed by atoms with van der Waals surface area (Å²) in [5, 5.41) is 10.5. The van der Waals surface area contributed by atoms with E-state index in [1.54, 1.807) is 18.2 Å². The fourth-order valence-electron chi connectivity index (χ4n) is 1.71. The van der Waals surface area contributed by atoms with Gasteiger partial charge in [0.2, 0.25) is 5.43 Å². The molecule has 0 saturated heterocycles. The van der Waals surface area contributed by atoms with E-state index < -0.39 is 17.1 Å². The van der Waals surface area contributed by atoms with Crippen LogP contribution in [-0.4, -0.2) is 15.7 Å². The molecule has 0 saturated carbocycles. The first-order valence-corrected chi connectivity index (χ1v) is 6.99. The number of carbonyl (C=O) groups is 1. The fourth-order valence-corrected chi connectivity index (χ4v) is 2.07. The lowest BCUT2D eigenvalue weighted by atomic mass is 10.2. The van der Waals surface area contributed by atoms with E-state index in [1.165, 1.54) is 29.9 Å². The molecule has 0 aliphatic rings. The highest BCUT2D eigenvalue weighted by Gasteiger charge is 2.06. The lowest BCUT2D eigenvalue weighted by Crippen LogP contribution is -2.24. The zero-order valence-corrected chi connectivity index (χ0v) is 13.0. The topological polar surface area (TPSA) is 71.3 Å². The number of rotatable bonds is 3. The van der Waals surface area contributed by atoms with Crippen molar-refractivity contribution in [2.24, 2.45) is 0 Å². The number of pyridine rings is 1. The second kappa shape index (κ2) is 6.68. The molecule has 0 aliphatic heterocycles. The molecule has 2 aromatic rings. The quantitative estimate of drug-likeness (QED) is 0.845. The second-order valence-electron chi connectivity index (χ2n) is 4.46. The van der Waals surface area contributed by atoms with Crippen molar-refractivity contribution in [3.8, 4) is 5.75 Å². The number of carbonyl (C=O) groups excluding carboxylic acids is 1. The number of aromatic nitrogens is 1. The first kappa shape index (κ1) is 16.1. The van der Waals surface area contributed by atoms with Gasteiger partial charge in [-0.2, -0.15) is 0 Å². The lowest BCUT2D eigenvalue weighted by Gasteiger charge is -2.11. The molecule has 1 heterocycles. The maximum Gasteiger partial charge on any atom is 0.262 e. The molecule has 1 amide bonds. The lowest BCUT2D eigenvalue weighted by molar-refractivity contribution is -0.112. The maximum atomic E-state index is 11.9. The largest absolute Gasteiger partial charge is 0.503 e. The van der Waals surface area contributed by atoms with Crippen molar-refractivity contribution in [3.63, 3.8) is 0 Å². The summed E-state index contributed by atoms with van der Waals surface area (Å²) in [5.74, 6) is -0.869. The molecule has 0 fully saturated rings. The van der Waals surface area contributed by atoms with Gasteiger partial charge in [-0.3, -0.25) is 19.7 Å². The van der Waals surface area contributed by atoms with Crippen molar-refractivity contribution in [2.45, 2.75) is 6.92 Å². The summed E-state index contributed by atoms with van der Waals surface area (Å²) in [5.41, 5.74) is 2.82. The Hall–Kier alpha value is -2.24. The van der Waals surface area contributed by atoms with Crippen LogP contribution in [0.25, 0.3) is 6.08 Å². The van der Waals surface area contributed by atoms with Gasteiger partial charge in [-0.1, -0.05) is 23.2 Å². The Balaban J connectivity index is 2.17. The number of halogens is 2. The summed E-state index contributed by atoms with van der Waals surface area (Å²) in [4.78, 5) is 23.1. The Labute approximate surface area is 136 Å². The van der Waals surface area contributed by atoms with Crippen LogP contribution in [0.2, 0.25) is 10.0 Å². The normalized spacial score (nSPS) is 10.9. The molecule has 5 nitrogen and oxygen atoms in total. The Kier molecular flexibility index (Phi) is 4.90. The van der Waals surface area contributed by atoms with E-state index in [0.29, 0.717) is 15.6 Å². The van der Waals surface area contributed by atoms with Crippen molar-refractivity contribution in [1.82, 2.24) is 4.68 Å². The molecule has 1 aromatic heterocycles. The van der Waals surface area contributed by atoms with E-state index >= 15 is 0 Å². The summed E-state index contributed by atoms with van der Waals surface area (Å²) < 4.78 is 1.25. The average Bonchev–Trinajstić information content (AvgIpc) is 2.49. The van der Waals surface area contributed by atoms with E-state index in [-0.39, 0.29) is 5.69 Å². The monoisotopic (exact) mass is 338 g/mol. The van der Waals surface area contributed by atoms with Gasteiger partial charge in [-0.05, 0) is 36.8 Å². The van der Waals surface area contributed by atoms with Gasteiger partial charge in [0.25, 0.3) is 5.91 Å². The second-order valence-corrected chi connectivity index (χ2v) is 5.30. The van der Waals surface area contributed by atoms with E-state index in [1.807, 2.05) is 0 Å². The first-order valence-electron chi connectivity index (χ1n) is 6.24. The van der Waals surface area contributed by atoms with Gasteiger partial charge < -0.3 is 5.11 Å². The summed E-state index contributed by atoms with van der Waals surface area (Å²) in [6.45, 7) is 1.51. The van der Waals surface area contributed by atoms with Crippen molar-refractivity contribution in [2.75, 3.05) is 5.43 Å². The third kappa shape index (κ3) is 3.69. The van der Waals surface area contributed by atoms with Crippen molar-refractivity contribution >= 4 is 35.2 Å². The van der Waals surface area contributed by atoms with Gasteiger partial charge in [-0.25, -0.2) is 0 Å². The third-order valence-electron chi connectivity index (χ3n) is 2.92. The van der Waals surface area contributed by atoms with Gasteiger partial charge in [0.05, 0.1) is 5.69 Å². The summed E-state index contributed by atoms with van der Waals surface area (Å²) in [6, 6.07) is 6.06. The molecule has 0 atom stereocenters. The van der Waals surface area contributed by atoms with Crippen LogP contribution in [0.1, 0.15) is 11.3 Å². The number of benzene rings is 1. The molecule has 7 heteroatoms. The molecule has 0 radical (unpaired) electrons. The number of amides is 1. The molecular weight excluding hydrogens is 327 g/mol. The molecule has 2 N–H and O–H groups in total. The van der Waals surface area contributed by atoms with Crippen LogP contribution in [0.3, 0.4) is 0 Å². The number of aromatic hydroxyl groups is 1. The van der Waals surface area contributed by atoms with Gasteiger partial charge in [0.15, 0.2) is 5.75 Å². The van der Waals surface area contributed by atoms with Gasteiger partial charge in [0.1, 0.15) is 0 Å². The molecule has 0 spiro atoms. The standard InChI is InChI=1S/C15H12Cl2N2O3/c1-9-15(22)13(20)6-7-19(9)18-14(21)5-2-10-8-11(16)3-4-12(10)17/h2-8,22H,1H3,(H,18,21)/b5-2+. The molecule has 114 valence electrons. The first-order chi connectivity index (χ1) is 10.4. The van der Waals surface area contributed by atoms with Crippen LogP contribution in [0.5, 0.6) is 5.75 Å². The van der Waals surface area contributed by atoms with Crippen LogP contribution in [-0.2, 0) is 4.79 Å². The van der Waals surface area contributed by atoms with E-state index in [2.05, 4.69) is 5.43 Å². The molecule has 1 aromatic carbocycles. The summed E-state index contributed by atoms with van der Waals surface area (Å²) in [6.07, 6.45) is 4.14. The molecule has 22 heavy (non-hydrogen) atoms. The number of hydrogen-bond donors (Lipinski definition) is 2. The van der Waals surface area contributed by atoms with E-state index in [4.69, 9.17) is 23.2 Å². The smallest absolute Gasteiger partial charge is 0.262 e. The Morgan fingerprint density at radius 3 is 2.77 bits per heavy atom. The Morgan fingerprint density at radius 1 is 1.32 bits per heavy atom. The maximum absolute atomic E-state index is 11.9. The number of hydrogen-bond acceptors (Lipinski definition) is 3. The predicted molar refractivity (Wildman–Crippen MR) is 87.0 cm³/mol. The SMILES string of the molecule is Cc1c(O)c(=O)ccn1NC(=O)/C=C/c1cc(Cl)ccc1Cl. The highest BCUT2D eigenvalue weighted by Crippen LogP contribution is 2.21. The van der Waals surface area contributed by atoms with Crippen LogP contribution in [0.4, 0.5) is 0 Å². The van der Waals surface area contributed by atoms with Crippen molar-refractivity contribution in [1.29, 1.82) is 0 Å². The number of nitrogens with one attached hydrogen (secondary N) is 1. The van der Waals surface area contributed by atoms with Crippen LogP contribution >= 0.6 is 23.2 Å². The molecule has 0 aliphatic carbocycles. The molecule has 0 unspecified atom stereocenters. The van der Waals surface area contributed by atoms with Gasteiger partial charge in [-0.15, -0.1) is 0 Å². The zero-order chi connectivity index (χ0) is 16.3. The van der Waals surface area contributed by atoms with Gasteiger partial charge in [0, 0.05) is 28.4 Å². The van der Waals surface area contributed by atoms with E-state index in [9.17, 15) is 14.7 Å². The third-order valence-corrected chi connectivity index (χ3v) is 3.49. The van der Waals surface area contributed by atoms with Crippen molar-refractivity contribution in [3.05, 3.63) is 68.1 Å². The van der Waals surface area contributed by atoms with E-state index in [0.717, 1.165) is 6.07 Å². The van der Waals surface area contributed by atoms with Crippen LogP contribution in [0, 0.1) is 6.92 Å². The molecule has 2 rings (SSSR count). The zero-order valence-electron chi connectivity index (χ0n) is 11.5. The minimum Gasteiger partial charge on any atom is -0.503 e. The highest BCUT2D eigenvalue weighted by molar-refractivity contribution is 6.34. The van der Waals surface area contributed by atoms with Crippen LogP contribution < -0.4 is 10.9 Å². The minimum absolute atomic E-state index is 0.232. The molecule has 0 bridgehead atoms. The molecular formula is C15H12Cl2N2O3. The van der Waals surface area contributed by atoms with Crippen molar-refractivity contribution < 1.29 is 9.90 Å². The Bertz CT molecular complexity index is 813. The average molecular weight is 339 g/mol. The fraction of sp³-hybridized carbons (Fsp3) is 0.0667. The minimum atomic E-state index is -0.510. The predicted octanol–water partition coefficient (Wildman–Crippen LogP) is 2.95. The highest BCUT2D eigenvalue weighted by atomic mass is 35.5. The summed E-state index contributed by atoms with van der Waals surface area (Å²) in [7, 11) is 0. The van der Waals surface area contributed by atoms with Gasteiger partial charge >= 0.3 is 0 Å². The summed E-state index contributed by atoms with van der Waals surface area (Å²) >= 11 is 11.8. The van der Waals surface area contributed by atoms with Crippen LogP contribution in [0.15, 0.2) is 41.3 Å². The number of nitrogens with zero attached hydrogens (tertiary/aromatic N) is 1. The Morgan fingerprint density at radius 2 is 2.05 bits per heavy atom.